The fraction of sp³-hybridized carbons (Fsp3) is 0.831. The number of carbonyl (C=O) groups excluding carboxylic acids is 3. The normalized spacial score (nSPS) is 12.3. The Kier molecular flexibility index (Phi) is 57.7. The van der Waals surface area contributed by atoms with E-state index in [1.807, 2.05) is 0 Å². The highest BCUT2D eigenvalue weighted by molar-refractivity contribution is 5.71. The van der Waals surface area contributed by atoms with E-state index in [-0.39, 0.29) is 31.1 Å². The molecule has 0 rings (SSSR count). The second-order valence-electron chi connectivity index (χ2n) is 21.0. The van der Waals surface area contributed by atoms with E-state index in [0.717, 1.165) is 77.0 Å². The molecule has 6 nitrogen and oxygen atoms in total. The first kappa shape index (κ1) is 68.4. The lowest BCUT2D eigenvalue weighted by Gasteiger charge is -2.18. The van der Waals surface area contributed by atoms with Crippen molar-refractivity contribution in [2.24, 2.45) is 0 Å². The maximum Gasteiger partial charge on any atom is 0.306 e. The Morgan fingerprint density at radius 1 is 0.282 bits per heavy atom. The number of allylic oxidation sites excluding steroid dienone is 8. The lowest BCUT2D eigenvalue weighted by atomic mass is 10.0. The second-order valence-corrected chi connectivity index (χ2v) is 21.0. The SMILES string of the molecule is CCCC/C=C\CCCCCCCC(=O)OCC(COC(=O)CCCCCCCCCCCCCC/C=C\C/C=C\C/C=C\CCCCCCC)OC(=O)CCCCCCCCCCCCCCCCC. The van der Waals surface area contributed by atoms with Gasteiger partial charge in [0.2, 0.25) is 0 Å². The molecule has 0 aromatic rings. The van der Waals surface area contributed by atoms with Gasteiger partial charge in [-0.2, -0.15) is 0 Å². The number of hydrogen-bond acceptors (Lipinski definition) is 6. The molecule has 0 aromatic heterocycles. The zero-order valence-corrected chi connectivity index (χ0v) is 47.5. The molecule has 0 aliphatic rings. The van der Waals surface area contributed by atoms with Crippen LogP contribution >= 0.6 is 0 Å². The summed E-state index contributed by atoms with van der Waals surface area (Å²) in [6, 6.07) is 0. The Morgan fingerprint density at radius 2 is 0.521 bits per heavy atom. The maximum absolute atomic E-state index is 12.9. The van der Waals surface area contributed by atoms with Gasteiger partial charge in [-0.3, -0.25) is 14.4 Å². The van der Waals surface area contributed by atoms with Gasteiger partial charge in [-0.15, -0.1) is 0 Å². The van der Waals surface area contributed by atoms with Gasteiger partial charge < -0.3 is 14.2 Å². The summed E-state index contributed by atoms with van der Waals surface area (Å²) >= 11 is 0. The van der Waals surface area contributed by atoms with Crippen molar-refractivity contribution in [2.75, 3.05) is 13.2 Å². The molecule has 0 saturated carbocycles. The predicted octanol–water partition coefficient (Wildman–Crippen LogP) is 21.0. The number of rotatable bonds is 57. The molecule has 0 aliphatic heterocycles. The van der Waals surface area contributed by atoms with E-state index in [9.17, 15) is 14.4 Å². The molecular formula is C65H118O6. The molecule has 1 unspecified atom stereocenters. The molecule has 0 aromatic carbocycles. The fourth-order valence-electron chi connectivity index (χ4n) is 9.08. The molecule has 0 spiro atoms. The molecule has 0 heterocycles. The lowest BCUT2D eigenvalue weighted by Crippen LogP contribution is -2.30. The molecule has 1 atom stereocenters. The van der Waals surface area contributed by atoms with E-state index in [1.165, 1.54) is 212 Å². The van der Waals surface area contributed by atoms with Gasteiger partial charge >= 0.3 is 17.9 Å². The highest BCUT2D eigenvalue weighted by Crippen LogP contribution is 2.17. The average Bonchev–Trinajstić information content (AvgIpc) is 3.37. The number of ether oxygens (including phenoxy) is 3. The molecule has 0 radical (unpaired) electrons. The summed E-state index contributed by atoms with van der Waals surface area (Å²) in [5, 5.41) is 0. The van der Waals surface area contributed by atoms with Crippen molar-refractivity contribution in [2.45, 2.75) is 335 Å². The molecule has 6 heteroatoms. The second kappa shape index (κ2) is 59.9. The van der Waals surface area contributed by atoms with Crippen LogP contribution in [0.4, 0.5) is 0 Å². The van der Waals surface area contributed by atoms with Crippen molar-refractivity contribution in [1.82, 2.24) is 0 Å². The minimum Gasteiger partial charge on any atom is -0.462 e. The summed E-state index contributed by atoms with van der Waals surface area (Å²) in [7, 11) is 0. The highest BCUT2D eigenvalue weighted by atomic mass is 16.6. The largest absolute Gasteiger partial charge is 0.462 e. The van der Waals surface area contributed by atoms with Gasteiger partial charge in [-0.05, 0) is 77.0 Å². The van der Waals surface area contributed by atoms with Crippen LogP contribution in [0.1, 0.15) is 329 Å². The highest BCUT2D eigenvalue weighted by Gasteiger charge is 2.19. The summed E-state index contributed by atoms with van der Waals surface area (Å²) in [4.78, 5) is 38.2. The van der Waals surface area contributed by atoms with E-state index in [4.69, 9.17) is 14.2 Å². The number of esters is 3. The van der Waals surface area contributed by atoms with Crippen LogP contribution in [0.5, 0.6) is 0 Å². The van der Waals surface area contributed by atoms with E-state index in [2.05, 4.69) is 69.4 Å². The molecule has 0 saturated heterocycles. The summed E-state index contributed by atoms with van der Waals surface area (Å²) in [6.45, 7) is 6.62. The van der Waals surface area contributed by atoms with Gasteiger partial charge in [-0.25, -0.2) is 0 Å². The van der Waals surface area contributed by atoms with Crippen molar-refractivity contribution in [1.29, 1.82) is 0 Å². The van der Waals surface area contributed by atoms with Crippen LogP contribution < -0.4 is 0 Å². The summed E-state index contributed by atoms with van der Waals surface area (Å²) in [5.41, 5.74) is 0. The molecule has 0 N–H and O–H groups in total. The minimum absolute atomic E-state index is 0.0731. The van der Waals surface area contributed by atoms with Crippen molar-refractivity contribution in [3.63, 3.8) is 0 Å². The smallest absolute Gasteiger partial charge is 0.306 e. The topological polar surface area (TPSA) is 78.9 Å². The fourth-order valence-corrected chi connectivity index (χ4v) is 9.08. The average molecular weight is 996 g/mol. The minimum atomic E-state index is -0.774. The van der Waals surface area contributed by atoms with Gasteiger partial charge in [0.1, 0.15) is 13.2 Å². The molecule has 71 heavy (non-hydrogen) atoms. The Balaban J connectivity index is 4.20. The van der Waals surface area contributed by atoms with Crippen LogP contribution in [0.25, 0.3) is 0 Å². The number of hydrogen-bond donors (Lipinski definition) is 0. The van der Waals surface area contributed by atoms with Crippen LogP contribution in [-0.4, -0.2) is 37.2 Å². The van der Waals surface area contributed by atoms with Gasteiger partial charge in [0.15, 0.2) is 6.10 Å². The maximum atomic E-state index is 12.9. The van der Waals surface area contributed by atoms with Gasteiger partial charge in [0, 0.05) is 19.3 Å². The molecule has 414 valence electrons. The van der Waals surface area contributed by atoms with E-state index in [1.54, 1.807) is 0 Å². The number of carbonyl (C=O) groups is 3. The summed E-state index contributed by atoms with van der Waals surface area (Å²) in [6.07, 6.45) is 74.0. The summed E-state index contributed by atoms with van der Waals surface area (Å²) < 4.78 is 16.9. The quantitative estimate of drug-likeness (QED) is 0.0261. The van der Waals surface area contributed by atoms with Crippen LogP contribution in [-0.2, 0) is 28.6 Å². The summed E-state index contributed by atoms with van der Waals surface area (Å²) in [5.74, 6) is -0.867. The van der Waals surface area contributed by atoms with Crippen LogP contribution in [0.2, 0.25) is 0 Å². The third-order valence-corrected chi connectivity index (χ3v) is 13.8. The van der Waals surface area contributed by atoms with Crippen molar-refractivity contribution >= 4 is 17.9 Å². The lowest BCUT2D eigenvalue weighted by molar-refractivity contribution is -0.167. The van der Waals surface area contributed by atoms with E-state index in [0.29, 0.717) is 19.3 Å². The third-order valence-electron chi connectivity index (χ3n) is 13.8. The van der Waals surface area contributed by atoms with E-state index >= 15 is 0 Å². The van der Waals surface area contributed by atoms with Crippen molar-refractivity contribution in [3.8, 4) is 0 Å². The van der Waals surface area contributed by atoms with Crippen molar-refractivity contribution < 1.29 is 28.6 Å². The number of unbranched alkanes of at least 4 members (excludes halogenated alkanes) is 38. The first-order valence-corrected chi connectivity index (χ1v) is 31.1. The van der Waals surface area contributed by atoms with Gasteiger partial charge in [0.05, 0.1) is 0 Å². The Bertz CT molecular complexity index is 1230. The zero-order valence-electron chi connectivity index (χ0n) is 47.5. The zero-order chi connectivity index (χ0) is 51.4. The third kappa shape index (κ3) is 58.1. The molecule has 0 aliphatic carbocycles. The Hall–Kier alpha value is -2.63. The first-order valence-electron chi connectivity index (χ1n) is 31.1. The molecular weight excluding hydrogens is 877 g/mol. The monoisotopic (exact) mass is 995 g/mol. The Labute approximate surface area is 441 Å². The van der Waals surface area contributed by atoms with Crippen LogP contribution in [0, 0.1) is 0 Å². The standard InChI is InChI=1S/C65H118O6/c1-4-7-10-13-16-19-22-24-26-27-28-29-30-31-32-33-34-35-36-37-39-40-43-46-49-52-55-58-64(67)70-61-62(60-69-63(66)57-54-51-48-45-42-21-18-15-12-9-6-3)71-65(68)59-56-53-50-47-44-41-38-25-23-20-17-14-11-8-5-2/h15,18,22,24,27-28,30-31,62H,4-14,16-17,19-21,23,25-26,29,32-61H2,1-3H3/b18-15-,24-22-,28-27-,31-30-. The van der Waals surface area contributed by atoms with Crippen molar-refractivity contribution in [3.05, 3.63) is 48.6 Å². The molecule has 0 amide bonds. The molecule has 0 bridgehead atoms. The van der Waals surface area contributed by atoms with Crippen LogP contribution in [0.3, 0.4) is 0 Å². The van der Waals surface area contributed by atoms with Gasteiger partial charge in [-0.1, -0.05) is 281 Å². The van der Waals surface area contributed by atoms with Gasteiger partial charge in [0.25, 0.3) is 0 Å². The first-order chi connectivity index (χ1) is 35.0. The van der Waals surface area contributed by atoms with Crippen LogP contribution in [0.15, 0.2) is 48.6 Å². The predicted molar refractivity (Wildman–Crippen MR) is 307 cm³/mol. The van der Waals surface area contributed by atoms with E-state index < -0.39 is 6.10 Å². The Morgan fingerprint density at radius 3 is 0.845 bits per heavy atom. The molecule has 0 fully saturated rings.